The van der Waals surface area contributed by atoms with Gasteiger partial charge in [-0.3, -0.25) is 14.4 Å². The molecule has 0 radical (unpaired) electrons. The van der Waals surface area contributed by atoms with Gasteiger partial charge in [0, 0.05) is 60.5 Å². The Morgan fingerprint density at radius 2 is 1.67 bits per heavy atom. The predicted molar refractivity (Wildman–Crippen MR) is 179 cm³/mol. The third-order valence-electron chi connectivity index (χ3n) is 9.22. The normalized spacial score (nSPS) is 17.5. The SMILES string of the molecule is CC(C)C(=O)N1CCC(c2cc(-c3ccc(NC(=O)C4CN(C(C)C)C(=O)N(c5cc(F)ccc5F)C4=O)cc3)c3c(N)ncnn23)CC1. The Kier molecular flexibility index (Phi) is 9.06. The van der Waals surface area contributed by atoms with E-state index in [1.165, 1.54) is 11.2 Å². The molecule has 2 fully saturated rings. The van der Waals surface area contributed by atoms with Crippen LogP contribution in [0.3, 0.4) is 0 Å². The van der Waals surface area contributed by atoms with Crippen LogP contribution in [0.1, 0.15) is 52.1 Å². The van der Waals surface area contributed by atoms with Crippen LogP contribution in [0.4, 0.5) is 30.8 Å². The highest BCUT2D eigenvalue weighted by Crippen LogP contribution is 2.37. The maximum absolute atomic E-state index is 14.7. The predicted octanol–water partition coefficient (Wildman–Crippen LogP) is 5.05. The molecular formula is C35H38F2N8O4. The molecule has 2 saturated heterocycles. The van der Waals surface area contributed by atoms with Crippen molar-refractivity contribution in [2.45, 2.75) is 52.5 Å². The van der Waals surface area contributed by atoms with Crippen molar-refractivity contribution in [2.75, 3.05) is 35.6 Å². The van der Waals surface area contributed by atoms with Gasteiger partial charge in [-0.25, -0.2) is 28.0 Å². The number of nitrogens with one attached hydrogen (secondary N) is 1. The summed E-state index contributed by atoms with van der Waals surface area (Å²) < 4.78 is 30.6. The number of nitrogens with zero attached hydrogens (tertiary/aromatic N) is 6. The largest absolute Gasteiger partial charge is 0.382 e. The zero-order valence-corrected chi connectivity index (χ0v) is 27.7. The average molecular weight is 673 g/mol. The van der Waals surface area contributed by atoms with Gasteiger partial charge in [0.1, 0.15) is 29.4 Å². The van der Waals surface area contributed by atoms with E-state index in [0.717, 1.165) is 47.9 Å². The van der Waals surface area contributed by atoms with Gasteiger partial charge in [0.15, 0.2) is 5.82 Å². The third-order valence-corrected chi connectivity index (χ3v) is 9.22. The number of likely N-dealkylation sites (tertiary alicyclic amines) is 1. The Bertz CT molecular complexity index is 1940. The highest BCUT2D eigenvalue weighted by molar-refractivity contribution is 6.23. The molecule has 2 aliphatic heterocycles. The fourth-order valence-corrected chi connectivity index (χ4v) is 6.56. The topological polar surface area (TPSA) is 146 Å². The van der Waals surface area contributed by atoms with Crippen molar-refractivity contribution in [3.8, 4) is 11.1 Å². The quantitative estimate of drug-likeness (QED) is 0.261. The lowest BCUT2D eigenvalue weighted by Gasteiger charge is -2.39. The second-order valence-corrected chi connectivity index (χ2v) is 13.1. The smallest absolute Gasteiger partial charge is 0.331 e. The minimum atomic E-state index is -1.38. The first kappa shape index (κ1) is 33.5. The summed E-state index contributed by atoms with van der Waals surface area (Å²) in [4.78, 5) is 60.7. The Morgan fingerprint density at radius 3 is 2.33 bits per heavy atom. The minimum Gasteiger partial charge on any atom is -0.382 e. The van der Waals surface area contributed by atoms with Crippen LogP contribution in [0.2, 0.25) is 0 Å². The number of fused-ring (bicyclic) bond motifs is 1. The summed E-state index contributed by atoms with van der Waals surface area (Å²) in [7, 11) is 0. The molecule has 14 heteroatoms. The Balaban J connectivity index is 1.23. The number of rotatable bonds is 7. The van der Waals surface area contributed by atoms with Gasteiger partial charge in [0.05, 0.1) is 5.69 Å². The average Bonchev–Trinajstić information content (AvgIpc) is 3.47. The van der Waals surface area contributed by atoms with Gasteiger partial charge >= 0.3 is 6.03 Å². The number of nitrogens with two attached hydrogens (primary N) is 1. The summed E-state index contributed by atoms with van der Waals surface area (Å²) in [6.45, 7) is 8.29. The molecule has 0 saturated carbocycles. The van der Waals surface area contributed by atoms with Crippen molar-refractivity contribution < 1.29 is 28.0 Å². The van der Waals surface area contributed by atoms with E-state index >= 15 is 0 Å². The molecule has 256 valence electrons. The first-order valence-electron chi connectivity index (χ1n) is 16.3. The zero-order valence-electron chi connectivity index (χ0n) is 27.7. The molecule has 4 heterocycles. The van der Waals surface area contributed by atoms with Crippen LogP contribution < -0.4 is 16.0 Å². The summed E-state index contributed by atoms with van der Waals surface area (Å²) in [6, 6.07) is 10.2. The third kappa shape index (κ3) is 6.30. The van der Waals surface area contributed by atoms with Gasteiger partial charge < -0.3 is 20.9 Å². The number of carbonyl (C=O) groups excluding carboxylic acids is 4. The van der Waals surface area contributed by atoms with Crippen molar-refractivity contribution in [1.29, 1.82) is 0 Å². The number of aromatic nitrogens is 3. The number of amides is 5. The minimum absolute atomic E-state index is 0.0563. The van der Waals surface area contributed by atoms with Crippen LogP contribution >= 0.6 is 0 Å². The molecule has 6 rings (SSSR count). The van der Waals surface area contributed by atoms with Crippen LogP contribution in [0, 0.1) is 23.5 Å². The first-order chi connectivity index (χ1) is 23.3. The molecule has 0 aliphatic carbocycles. The highest BCUT2D eigenvalue weighted by atomic mass is 19.1. The number of imide groups is 1. The van der Waals surface area contributed by atoms with E-state index in [-0.39, 0.29) is 24.3 Å². The van der Waals surface area contributed by atoms with Crippen molar-refractivity contribution in [3.63, 3.8) is 0 Å². The van der Waals surface area contributed by atoms with Gasteiger partial charge in [-0.2, -0.15) is 5.10 Å². The number of urea groups is 1. The van der Waals surface area contributed by atoms with Gasteiger partial charge in [-0.05, 0) is 62.6 Å². The monoisotopic (exact) mass is 672 g/mol. The van der Waals surface area contributed by atoms with E-state index in [1.807, 2.05) is 29.3 Å². The van der Waals surface area contributed by atoms with Crippen LogP contribution in [0.5, 0.6) is 0 Å². The molecule has 1 atom stereocenters. The molecule has 2 aromatic carbocycles. The second-order valence-electron chi connectivity index (χ2n) is 13.1. The second kappa shape index (κ2) is 13.2. The van der Waals surface area contributed by atoms with Gasteiger partial charge in [0.2, 0.25) is 17.7 Å². The molecule has 2 aliphatic rings. The zero-order chi connectivity index (χ0) is 35.1. The van der Waals surface area contributed by atoms with E-state index in [2.05, 4.69) is 15.4 Å². The Hall–Kier alpha value is -5.40. The lowest BCUT2D eigenvalue weighted by atomic mass is 9.92. The first-order valence-corrected chi connectivity index (χ1v) is 16.3. The van der Waals surface area contributed by atoms with Crippen molar-refractivity contribution >= 4 is 46.5 Å². The number of halogens is 2. The molecule has 4 aromatic rings. The van der Waals surface area contributed by atoms with Crippen LogP contribution in [-0.2, 0) is 14.4 Å². The Labute approximate surface area is 281 Å². The molecule has 2 aromatic heterocycles. The van der Waals surface area contributed by atoms with E-state index < -0.39 is 47.1 Å². The summed E-state index contributed by atoms with van der Waals surface area (Å²) in [5.74, 6) is -4.29. The summed E-state index contributed by atoms with van der Waals surface area (Å²) in [5.41, 5.74) is 9.37. The lowest BCUT2D eigenvalue weighted by Crippen LogP contribution is -2.61. The lowest BCUT2D eigenvalue weighted by molar-refractivity contribution is -0.135. The summed E-state index contributed by atoms with van der Waals surface area (Å²) >= 11 is 0. The van der Waals surface area contributed by atoms with E-state index in [1.54, 1.807) is 38.1 Å². The summed E-state index contributed by atoms with van der Waals surface area (Å²) in [5, 5.41) is 7.24. The number of hydrogen-bond donors (Lipinski definition) is 2. The molecule has 0 bridgehead atoms. The number of hydrogen-bond acceptors (Lipinski definition) is 7. The molecule has 12 nitrogen and oxygen atoms in total. The van der Waals surface area contributed by atoms with Crippen LogP contribution in [-0.4, -0.2) is 73.8 Å². The molecular weight excluding hydrogens is 634 g/mol. The molecule has 3 N–H and O–H groups in total. The van der Waals surface area contributed by atoms with Crippen molar-refractivity contribution in [3.05, 3.63) is 72.2 Å². The van der Waals surface area contributed by atoms with E-state index in [4.69, 9.17) is 5.73 Å². The standard InChI is InChI=1S/C35H38F2N8O4/c1-19(2)33(47)42-13-11-22(12-14-42)28-16-25(30-31(38)39-18-40-45(28)30)21-5-8-24(9-6-21)41-32(46)26-17-43(20(3)4)35(49)44(34(26)48)29-15-23(36)7-10-27(29)37/h5-10,15-16,18-20,22,26H,11-14,17H2,1-4H3,(H,41,46)(H2,38,39,40). The molecule has 0 spiro atoms. The molecule has 1 unspecified atom stereocenters. The number of anilines is 3. The van der Waals surface area contributed by atoms with Gasteiger partial charge in [-0.15, -0.1) is 0 Å². The maximum atomic E-state index is 14.7. The Morgan fingerprint density at radius 1 is 0.980 bits per heavy atom. The molecule has 5 amide bonds. The van der Waals surface area contributed by atoms with Crippen molar-refractivity contribution in [1.82, 2.24) is 24.4 Å². The maximum Gasteiger partial charge on any atom is 0.331 e. The van der Waals surface area contributed by atoms with Gasteiger partial charge in [0.25, 0.3) is 0 Å². The highest BCUT2D eigenvalue weighted by Gasteiger charge is 2.45. The molecule has 49 heavy (non-hydrogen) atoms. The van der Waals surface area contributed by atoms with Crippen LogP contribution in [0.25, 0.3) is 16.6 Å². The van der Waals surface area contributed by atoms with Gasteiger partial charge in [-0.1, -0.05) is 26.0 Å². The number of benzene rings is 2. The number of piperidine rings is 1. The number of carbonyl (C=O) groups is 4. The number of nitrogen functional groups attached to an aromatic ring is 1. The van der Waals surface area contributed by atoms with Crippen LogP contribution in [0.15, 0.2) is 54.9 Å². The fraction of sp³-hybridized carbons (Fsp3) is 0.371. The van der Waals surface area contributed by atoms with E-state index in [0.29, 0.717) is 35.0 Å². The fourth-order valence-electron chi connectivity index (χ4n) is 6.56. The van der Waals surface area contributed by atoms with E-state index in [9.17, 15) is 28.0 Å². The van der Waals surface area contributed by atoms with Crippen molar-refractivity contribution in [2.24, 2.45) is 11.8 Å². The summed E-state index contributed by atoms with van der Waals surface area (Å²) in [6.07, 6.45) is 2.97.